The van der Waals surface area contributed by atoms with Crippen molar-refractivity contribution in [3.8, 4) is 5.75 Å². The molecule has 1 aromatic carbocycles. The number of benzene rings is 1. The van der Waals surface area contributed by atoms with Crippen LogP contribution in [0.1, 0.15) is 6.42 Å². The van der Waals surface area contributed by atoms with Crippen LogP contribution in [-0.2, 0) is 9.53 Å². The predicted octanol–water partition coefficient (Wildman–Crippen LogP) is 0.361. The third-order valence-electron chi connectivity index (χ3n) is 4.38. The van der Waals surface area contributed by atoms with Gasteiger partial charge in [-0.1, -0.05) is 18.2 Å². The number of rotatable bonds is 5. The van der Waals surface area contributed by atoms with E-state index >= 15 is 0 Å². The summed E-state index contributed by atoms with van der Waals surface area (Å²) in [6, 6.07) is 9.48. The average Bonchev–Trinajstić information content (AvgIpc) is 2.96. The van der Waals surface area contributed by atoms with Crippen molar-refractivity contribution in [2.45, 2.75) is 12.0 Å². The van der Waals surface area contributed by atoms with Crippen LogP contribution in [0.4, 0.5) is 0 Å². The maximum Gasteiger partial charge on any atom is 0.236 e. The van der Waals surface area contributed by atoms with Gasteiger partial charge < -0.3 is 19.5 Å². The molecule has 2 heterocycles. The molecule has 2 aliphatic rings. The Morgan fingerprint density at radius 3 is 2.70 bits per heavy atom. The molecule has 6 heteroatoms. The number of amides is 1. The van der Waals surface area contributed by atoms with Crippen molar-refractivity contribution in [3.05, 3.63) is 30.3 Å². The summed E-state index contributed by atoms with van der Waals surface area (Å²) in [4.78, 5) is 16.1. The quantitative estimate of drug-likeness (QED) is 0.849. The topological polar surface area (TPSA) is 62.2 Å². The summed E-state index contributed by atoms with van der Waals surface area (Å²) < 4.78 is 10.9. The molecule has 0 bridgehead atoms. The molecule has 0 aliphatic carbocycles. The van der Waals surface area contributed by atoms with Gasteiger partial charge >= 0.3 is 0 Å². The van der Waals surface area contributed by atoms with Gasteiger partial charge in [-0.05, 0) is 18.6 Å². The summed E-state index contributed by atoms with van der Waals surface area (Å²) in [7, 11) is 0. The van der Waals surface area contributed by atoms with E-state index in [1.807, 2.05) is 40.1 Å². The molecule has 0 spiro atoms. The van der Waals surface area contributed by atoms with Crippen LogP contribution in [0.5, 0.6) is 5.75 Å². The molecule has 1 N–H and O–H groups in total. The van der Waals surface area contributed by atoms with E-state index < -0.39 is 5.60 Å². The first-order chi connectivity index (χ1) is 11.1. The van der Waals surface area contributed by atoms with Crippen molar-refractivity contribution in [1.29, 1.82) is 0 Å². The third kappa shape index (κ3) is 4.43. The number of likely N-dealkylation sites (tertiary alicyclic amines) is 1. The van der Waals surface area contributed by atoms with Crippen LogP contribution in [0.15, 0.2) is 30.3 Å². The lowest BCUT2D eigenvalue weighted by atomic mass is 10.1. The molecule has 0 unspecified atom stereocenters. The second-order valence-electron chi connectivity index (χ2n) is 6.28. The van der Waals surface area contributed by atoms with Crippen molar-refractivity contribution in [3.63, 3.8) is 0 Å². The number of hydrogen-bond donors (Lipinski definition) is 1. The minimum atomic E-state index is -0.888. The van der Waals surface area contributed by atoms with Gasteiger partial charge in [-0.3, -0.25) is 9.69 Å². The molecule has 126 valence electrons. The number of β-amino-alcohol motifs (C(OH)–C–C–N with tert-alkyl or cyclic N) is 1. The van der Waals surface area contributed by atoms with Gasteiger partial charge in [-0.2, -0.15) is 0 Å². The molecule has 2 fully saturated rings. The zero-order valence-corrected chi connectivity index (χ0v) is 13.3. The van der Waals surface area contributed by atoms with E-state index in [-0.39, 0.29) is 12.5 Å². The van der Waals surface area contributed by atoms with Crippen LogP contribution < -0.4 is 4.74 Å². The van der Waals surface area contributed by atoms with Crippen molar-refractivity contribution in [1.82, 2.24) is 9.80 Å². The normalized spacial score (nSPS) is 25.5. The largest absolute Gasteiger partial charge is 0.491 e. The zero-order valence-electron chi connectivity index (χ0n) is 13.3. The first-order valence-corrected chi connectivity index (χ1v) is 8.13. The molecule has 2 aliphatic heterocycles. The number of carbonyl (C=O) groups excluding carboxylic acids is 1. The van der Waals surface area contributed by atoms with E-state index in [1.54, 1.807) is 0 Å². The molecule has 6 nitrogen and oxygen atoms in total. The first kappa shape index (κ1) is 16.2. The molecule has 1 aromatic rings. The van der Waals surface area contributed by atoms with Gasteiger partial charge in [-0.15, -0.1) is 0 Å². The van der Waals surface area contributed by atoms with E-state index in [0.717, 1.165) is 5.75 Å². The molecule has 1 amide bonds. The van der Waals surface area contributed by atoms with Gasteiger partial charge in [0.2, 0.25) is 5.91 Å². The SMILES string of the molecule is O=C(CN1CC[C@](O)(COc2ccccc2)C1)N1CCOCC1. The van der Waals surface area contributed by atoms with E-state index in [0.29, 0.717) is 52.4 Å². The Bertz CT molecular complexity index is 519. The second kappa shape index (κ2) is 7.29. The Morgan fingerprint density at radius 1 is 1.22 bits per heavy atom. The Labute approximate surface area is 136 Å². The number of hydrogen-bond acceptors (Lipinski definition) is 5. The van der Waals surface area contributed by atoms with Gasteiger partial charge in [0.1, 0.15) is 18.0 Å². The fraction of sp³-hybridized carbons (Fsp3) is 0.588. The number of nitrogens with zero attached hydrogens (tertiary/aromatic N) is 2. The summed E-state index contributed by atoms with van der Waals surface area (Å²) in [5.74, 6) is 0.866. The molecular formula is C17H24N2O4. The van der Waals surface area contributed by atoms with Crippen LogP contribution in [0.2, 0.25) is 0 Å². The van der Waals surface area contributed by atoms with Gasteiger partial charge in [0.25, 0.3) is 0 Å². The van der Waals surface area contributed by atoms with Crippen molar-refractivity contribution < 1.29 is 19.4 Å². The van der Waals surface area contributed by atoms with Gasteiger partial charge in [0, 0.05) is 26.2 Å². The first-order valence-electron chi connectivity index (χ1n) is 8.13. The van der Waals surface area contributed by atoms with E-state index in [4.69, 9.17) is 9.47 Å². The molecule has 3 rings (SSSR count). The van der Waals surface area contributed by atoms with Crippen LogP contribution in [0.25, 0.3) is 0 Å². The maximum absolute atomic E-state index is 12.3. The van der Waals surface area contributed by atoms with Gasteiger partial charge in [-0.25, -0.2) is 0 Å². The van der Waals surface area contributed by atoms with E-state index in [9.17, 15) is 9.90 Å². The molecule has 1 atom stereocenters. The van der Waals surface area contributed by atoms with Gasteiger partial charge in [0.05, 0.1) is 19.8 Å². The fourth-order valence-corrected chi connectivity index (χ4v) is 3.03. The monoisotopic (exact) mass is 320 g/mol. The van der Waals surface area contributed by atoms with E-state index in [2.05, 4.69) is 0 Å². The Kier molecular flexibility index (Phi) is 5.15. The number of carbonyl (C=O) groups is 1. The standard InChI is InChI=1S/C17H24N2O4/c20-16(19-8-10-22-11-9-19)12-18-7-6-17(21,13-18)14-23-15-4-2-1-3-5-15/h1-5,21H,6-14H2/t17-/m1/s1. The maximum atomic E-state index is 12.3. The highest BCUT2D eigenvalue weighted by atomic mass is 16.5. The molecular weight excluding hydrogens is 296 g/mol. The molecule has 23 heavy (non-hydrogen) atoms. The number of aliphatic hydroxyl groups is 1. The summed E-state index contributed by atoms with van der Waals surface area (Å²) in [6.45, 7) is 4.33. The molecule has 2 saturated heterocycles. The second-order valence-corrected chi connectivity index (χ2v) is 6.28. The van der Waals surface area contributed by atoms with Crippen molar-refractivity contribution in [2.24, 2.45) is 0 Å². The smallest absolute Gasteiger partial charge is 0.236 e. The summed E-state index contributed by atoms with van der Waals surface area (Å²) in [6.07, 6.45) is 0.621. The van der Waals surface area contributed by atoms with Crippen LogP contribution in [0.3, 0.4) is 0 Å². The highest BCUT2D eigenvalue weighted by Gasteiger charge is 2.38. The Hall–Kier alpha value is -1.63. The summed E-state index contributed by atoms with van der Waals surface area (Å²) >= 11 is 0. The highest BCUT2D eigenvalue weighted by Crippen LogP contribution is 2.23. The number of morpholine rings is 1. The molecule has 0 aromatic heterocycles. The third-order valence-corrected chi connectivity index (χ3v) is 4.38. The minimum Gasteiger partial charge on any atom is -0.491 e. The minimum absolute atomic E-state index is 0.113. The van der Waals surface area contributed by atoms with Crippen molar-refractivity contribution in [2.75, 3.05) is 52.5 Å². The van der Waals surface area contributed by atoms with Crippen LogP contribution in [0, 0.1) is 0 Å². The summed E-state index contributed by atoms with van der Waals surface area (Å²) in [5.41, 5.74) is -0.888. The lowest BCUT2D eigenvalue weighted by Gasteiger charge is -2.29. The lowest BCUT2D eigenvalue weighted by Crippen LogP contribution is -2.46. The average molecular weight is 320 g/mol. The van der Waals surface area contributed by atoms with Crippen LogP contribution >= 0.6 is 0 Å². The summed E-state index contributed by atoms with van der Waals surface area (Å²) in [5, 5.41) is 10.6. The Balaban J connectivity index is 1.46. The molecule has 0 radical (unpaired) electrons. The lowest BCUT2D eigenvalue weighted by molar-refractivity contribution is -0.136. The van der Waals surface area contributed by atoms with Crippen molar-refractivity contribution >= 4 is 5.91 Å². The van der Waals surface area contributed by atoms with Crippen LogP contribution in [-0.4, -0.2) is 79.0 Å². The zero-order chi connectivity index (χ0) is 16.1. The predicted molar refractivity (Wildman–Crippen MR) is 85.3 cm³/mol. The number of ether oxygens (including phenoxy) is 2. The number of para-hydroxylation sites is 1. The highest BCUT2D eigenvalue weighted by molar-refractivity contribution is 5.78. The van der Waals surface area contributed by atoms with Gasteiger partial charge in [0.15, 0.2) is 0 Å². The molecule has 0 saturated carbocycles. The Morgan fingerprint density at radius 2 is 1.96 bits per heavy atom. The fourth-order valence-electron chi connectivity index (χ4n) is 3.03. The van der Waals surface area contributed by atoms with E-state index in [1.165, 1.54) is 0 Å².